The molecule has 0 fully saturated rings. The average molecular weight is 359 g/mol. The summed E-state index contributed by atoms with van der Waals surface area (Å²) in [5.74, 6) is 0.952. The number of rotatable bonds is 5. The van der Waals surface area contributed by atoms with E-state index in [0.29, 0.717) is 5.56 Å². The van der Waals surface area contributed by atoms with Gasteiger partial charge in [0, 0.05) is 24.5 Å². The predicted octanol–water partition coefficient (Wildman–Crippen LogP) is 4.22. The molecule has 2 aromatic carbocycles. The van der Waals surface area contributed by atoms with Gasteiger partial charge >= 0.3 is 0 Å². The third kappa shape index (κ3) is 3.80. The van der Waals surface area contributed by atoms with E-state index >= 15 is 0 Å². The summed E-state index contributed by atoms with van der Waals surface area (Å²) in [6.07, 6.45) is 7.35. The third-order valence-electron chi connectivity index (χ3n) is 5.46. The van der Waals surface area contributed by atoms with E-state index in [0.717, 1.165) is 24.4 Å². The van der Waals surface area contributed by atoms with Crippen molar-refractivity contribution in [3.63, 3.8) is 0 Å². The van der Waals surface area contributed by atoms with Crippen molar-refractivity contribution in [3.05, 3.63) is 88.5 Å². The molecule has 3 aromatic rings. The lowest BCUT2D eigenvalue weighted by Crippen LogP contribution is -2.26. The van der Waals surface area contributed by atoms with E-state index in [1.54, 1.807) is 6.20 Å². The Balaban J connectivity index is 1.41. The Bertz CT molecular complexity index is 956. The number of nitrogens with one attached hydrogen (secondary N) is 1. The van der Waals surface area contributed by atoms with Gasteiger partial charge in [0.05, 0.1) is 6.04 Å². The highest BCUT2D eigenvalue weighted by atomic mass is 16.1. The second-order valence-electron chi connectivity index (χ2n) is 7.38. The molecular formula is C23H25N3O. The van der Waals surface area contributed by atoms with Crippen molar-refractivity contribution in [1.29, 1.82) is 0 Å². The fourth-order valence-corrected chi connectivity index (χ4v) is 3.75. The molecular weight excluding hydrogens is 334 g/mol. The predicted molar refractivity (Wildman–Crippen MR) is 107 cm³/mol. The standard InChI is InChI=1S/C23H25N3O/c1-16(21-11-10-19-4-3-5-22(19)14-21)25-23(27)20-8-6-18(7-9-20)15-26-13-12-24-17(26)2/h6-14,16H,3-5,15H2,1-2H3,(H,25,27)/t16-/m0/s1. The molecule has 138 valence electrons. The zero-order valence-corrected chi connectivity index (χ0v) is 15.9. The quantitative estimate of drug-likeness (QED) is 0.741. The Hall–Kier alpha value is -2.88. The van der Waals surface area contributed by atoms with Crippen LogP contribution in [-0.4, -0.2) is 15.5 Å². The maximum absolute atomic E-state index is 12.6. The van der Waals surface area contributed by atoms with Crippen molar-refractivity contribution < 1.29 is 4.79 Å². The smallest absolute Gasteiger partial charge is 0.251 e. The molecule has 1 aliphatic carbocycles. The summed E-state index contributed by atoms with van der Waals surface area (Å²) < 4.78 is 2.09. The molecule has 1 aliphatic rings. The van der Waals surface area contributed by atoms with E-state index in [1.807, 2.05) is 44.3 Å². The Kier molecular flexibility index (Phi) is 4.80. The number of amides is 1. The summed E-state index contributed by atoms with van der Waals surface area (Å²) in [4.78, 5) is 16.9. The fourth-order valence-electron chi connectivity index (χ4n) is 3.75. The molecule has 1 amide bonds. The van der Waals surface area contributed by atoms with Crippen LogP contribution in [0.2, 0.25) is 0 Å². The largest absolute Gasteiger partial charge is 0.346 e. The SMILES string of the molecule is Cc1nccn1Cc1ccc(C(=O)N[C@@H](C)c2ccc3c(c2)CCC3)cc1. The van der Waals surface area contributed by atoms with Crippen molar-refractivity contribution in [2.24, 2.45) is 0 Å². The van der Waals surface area contributed by atoms with E-state index in [9.17, 15) is 4.79 Å². The minimum Gasteiger partial charge on any atom is -0.346 e. The fraction of sp³-hybridized carbons (Fsp3) is 0.304. The van der Waals surface area contributed by atoms with E-state index in [4.69, 9.17) is 0 Å². The molecule has 4 nitrogen and oxygen atoms in total. The molecule has 4 rings (SSSR count). The van der Waals surface area contributed by atoms with Gasteiger partial charge in [-0.05, 0) is 67.5 Å². The topological polar surface area (TPSA) is 46.9 Å². The highest BCUT2D eigenvalue weighted by Gasteiger charge is 2.15. The van der Waals surface area contributed by atoms with Gasteiger partial charge in [0.2, 0.25) is 0 Å². The van der Waals surface area contributed by atoms with Gasteiger partial charge in [0.15, 0.2) is 0 Å². The Morgan fingerprint density at radius 3 is 2.67 bits per heavy atom. The second kappa shape index (κ2) is 7.39. The summed E-state index contributed by atoms with van der Waals surface area (Å²) in [6, 6.07) is 14.4. The minimum atomic E-state index is -0.0339. The highest BCUT2D eigenvalue weighted by molar-refractivity contribution is 5.94. The minimum absolute atomic E-state index is 0.00308. The average Bonchev–Trinajstić information content (AvgIpc) is 3.30. The van der Waals surface area contributed by atoms with E-state index in [-0.39, 0.29) is 11.9 Å². The highest BCUT2D eigenvalue weighted by Crippen LogP contribution is 2.25. The molecule has 0 unspecified atom stereocenters. The number of nitrogens with zero attached hydrogens (tertiary/aromatic N) is 2. The number of benzene rings is 2. The molecule has 1 N–H and O–H groups in total. The van der Waals surface area contributed by atoms with Gasteiger partial charge in [-0.2, -0.15) is 0 Å². The summed E-state index contributed by atoms with van der Waals surface area (Å²) in [5.41, 5.74) is 5.92. The summed E-state index contributed by atoms with van der Waals surface area (Å²) >= 11 is 0. The van der Waals surface area contributed by atoms with Gasteiger partial charge in [0.25, 0.3) is 5.91 Å². The summed E-state index contributed by atoms with van der Waals surface area (Å²) in [7, 11) is 0. The van der Waals surface area contributed by atoms with Crippen LogP contribution in [0.15, 0.2) is 54.9 Å². The first kappa shape index (κ1) is 17.5. The molecule has 0 saturated carbocycles. The molecule has 1 atom stereocenters. The molecule has 0 bridgehead atoms. The van der Waals surface area contributed by atoms with Crippen LogP contribution in [0.3, 0.4) is 0 Å². The molecule has 27 heavy (non-hydrogen) atoms. The number of fused-ring (bicyclic) bond motifs is 1. The summed E-state index contributed by atoms with van der Waals surface area (Å²) in [6.45, 7) is 4.80. The maximum Gasteiger partial charge on any atom is 0.251 e. The van der Waals surface area contributed by atoms with Crippen LogP contribution in [-0.2, 0) is 19.4 Å². The van der Waals surface area contributed by atoms with Crippen LogP contribution in [0, 0.1) is 6.92 Å². The molecule has 0 saturated heterocycles. The van der Waals surface area contributed by atoms with Crippen LogP contribution in [0.25, 0.3) is 0 Å². The molecule has 0 radical (unpaired) electrons. The number of hydrogen-bond donors (Lipinski definition) is 1. The lowest BCUT2D eigenvalue weighted by Gasteiger charge is -2.16. The van der Waals surface area contributed by atoms with Crippen molar-refractivity contribution in [2.45, 2.75) is 45.7 Å². The van der Waals surface area contributed by atoms with Crippen molar-refractivity contribution >= 4 is 5.91 Å². The maximum atomic E-state index is 12.6. The number of hydrogen-bond acceptors (Lipinski definition) is 2. The van der Waals surface area contributed by atoms with Crippen LogP contribution in [0.4, 0.5) is 0 Å². The normalized spacial score (nSPS) is 14.0. The Morgan fingerprint density at radius 2 is 1.93 bits per heavy atom. The van der Waals surface area contributed by atoms with Crippen LogP contribution in [0.1, 0.15) is 57.8 Å². The second-order valence-corrected chi connectivity index (χ2v) is 7.38. The molecule has 4 heteroatoms. The van der Waals surface area contributed by atoms with Crippen molar-refractivity contribution in [2.75, 3.05) is 0 Å². The first-order chi connectivity index (χ1) is 13.1. The van der Waals surface area contributed by atoms with Gasteiger partial charge < -0.3 is 9.88 Å². The summed E-state index contributed by atoms with van der Waals surface area (Å²) in [5, 5.41) is 3.12. The molecule has 0 aliphatic heterocycles. The zero-order chi connectivity index (χ0) is 18.8. The van der Waals surface area contributed by atoms with Crippen molar-refractivity contribution in [1.82, 2.24) is 14.9 Å². The van der Waals surface area contributed by atoms with E-state index in [1.165, 1.54) is 29.5 Å². The first-order valence-corrected chi connectivity index (χ1v) is 9.59. The zero-order valence-electron chi connectivity index (χ0n) is 15.9. The number of aryl methyl sites for hydroxylation is 3. The molecule has 1 aromatic heterocycles. The number of aromatic nitrogens is 2. The third-order valence-corrected chi connectivity index (χ3v) is 5.46. The van der Waals surface area contributed by atoms with Crippen LogP contribution >= 0.6 is 0 Å². The van der Waals surface area contributed by atoms with Crippen LogP contribution < -0.4 is 5.32 Å². The van der Waals surface area contributed by atoms with Gasteiger partial charge in [-0.3, -0.25) is 4.79 Å². The van der Waals surface area contributed by atoms with E-state index in [2.05, 4.69) is 33.1 Å². The van der Waals surface area contributed by atoms with Gasteiger partial charge in [-0.1, -0.05) is 30.3 Å². The Morgan fingerprint density at radius 1 is 1.15 bits per heavy atom. The van der Waals surface area contributed by atoms with Crippen LogP contribution in [0.5, 0.6) is 0 Å². The molecule has 1 heterocycles. The monoisotopic (exact) mass is 359 g/mol. The lowest BCUT2D eigenvalue weighted by molar-refractivity contribution is 0.0940. The molecule has 0 spiro atoms. The lowest BCUT2D eigenvalue weighted by atomic mass is 10.0. The van der Waals surface area contributed by atoms with Crippen molar-refractivity contribution in [3.8, 4) is 0 Å². The number of imidazole rings is 1. The number of carbonyl (C=O) groups excluding carboxylic acids is 1. The van der Waals surface area contributed by atoms with Gasteiger partial charge in [-0.25, -0.2) is 4.98 Å². The Labute approximate surface area is 160 Å². The first-order valence-electron chi connectivity index (χ1n) is 9.59. The van der Waals surface area contributed by atoms with Gasteiger partial charge in [-0.15, -0.1) is 0 Å². The number of carbonyl (C=O) groups is 1. The van der Waals surface area contributed by atoms with E-state index < -0.39 is 0 Å². The van der Waals surface area contributed by atoms with Gasteiger partial charge in [0.1, 0.15) is 5.82 Å².